The van der Waals surface area contributed by atoms with Gasteiger partial charge in [-0.2, -0.15) is 0 Å². The van der Waals surface area contributed by atoms with Crippen LogP contribution < -0.4 is 0 Å². The first kappa shape index (κ1) is 9.92. The van der Waals surface area contributed by atoms with Crippen molar-refractivity contribution in [1.29, 1.82) is 0 Å². The molecule has 0 amide bonds. The Bertz CT molecular complexity index is 97.4. The maximum atomic E-state index is 5.48. The molecule has 2 heteroatoms. The molecule has 0 aliphatic carbocycles. The van der Waals surface area contributed by atoms with Crippen molar-refractivity contribution in [1.82, 2.24) is 0 Å². The van der Waals surface area contributed by atoms with Crippen LogP contribution in [0.1, 0.15) is 13.3 Å². The van der Waals surface area contributed by atoms with E-state index in [1.54, 1.807) is 0 Å². The van der Waals surface area contributed by atoms with E-state index < -0.39 is 8.32 Å². The zero-order valence-corrected chi connectivity index (χ0v) is 8.31. The minimum Gasteiger partial charge on any atom is -0.420 e. The Balaban J connectivity index is 3.68. The summed E-state index contributed by atoms with van der Waals surface area (Å²) in [5.74, 6) is 0. The molecule has 0 aliphatic heterocycles. The Labute approximate surface area is 65.2 Å². The molecule has 1 unspecified atom stereocenters. The highest BCUT2D eigenvalue weighted by Crippen LogP contribution is 2.17. The van der Waals surface area contributed by atoms with Gasteiger partial charge >= 0.3 is 0 Å². The first-order chi connectivity index (χ1) is 4.68. The minimum absolute atomic E-state index is 1.10. The van der Waals surface area contributed by atoms with Crippen LogP contribution in [0.15, 0.2) is 12.7 Å². The molecule has 0 aromatic heterocycles. The molecule has 0 aromatic carbocycles. The predicted molar refractivity (Wildman–Crippen MR) is 48.7 cm³/mol. The summed E-state index contributed by atoms with van der Waals surface area (Å²) < 4.78 is 5.48. The van der Waals surface area contributed by atoms with Crippen molar-refractivity contribution in [2.75, 3.05) is 7.11 Å². The number of allylic oxidation sites excluding steroid dienone is 1. The van der Waals surface area contributed by atoms with Crippen LogP contribution in [0.25, 0.3) is 0 Å². The zero-order chi connectivity index (χ0) is 8.04. The number of rotatable bonds is 5. The fourth-order valence-electron chi connectivity index (χ4n) is 0.831. The molecule has 0 N–H and O–H groups in total. The van der Waals surface area contributed by atoms with Gasteiger partial charge < -0.3 is 4.43 Å². The standard InChI is InChI=1S/C8H18OSi/c1-5-7-8-10(4,6-2)9-3/h5H,1,6-8H2,2-4H3. The van der Waals surface area contributed by atoms with E-state index in [0.29, 0.717) is 0 Å². The van der Waals surface area contributed by atoms with Crippen LogP contribution in [-0.2, 0) is 4.43 Å². The fourth-order valence-corrected chi connectivity index (χ4v) is 2.49. The van der Waals surface area contributed by atoms with Gasteiger partial charge in [0, 0.05) is 7.11 Å². The maximum Gasteiger partial charge on any atom is 0.189 e. The van der Waals surface area contributed by atoms with Gasteiger partial charge in [0.25, 0.3) is 0 Å². The summed E-state index contributed by atoms with van der Waals surface area (Å²) in [5, 5.41) is 0. The number of hydrogen-bond donors (Lipinski definition) is 0. The van der Waals surface area contributed by atoms with E-state index in [2.05, 4.69) is 20.0 Å². The molecule has 0 saturated heterocycles. The van der Waals surface area contributed by atoms with Gasteiger partial charge in [0.1, 0.15) is 0 Å². The van der Waals surface area contributed by atoms with Crippen LogP contribution in [0.3, 0.4) is 0 Å². The highest BCUT2D eigenvalue weighted by molar-refractivity contribution is 6.72. The lowest BCUT2D eigenvalue weighted by Crippen LogP contribution is -2.31. The average Bonchev–Trinajstić information content (AvgIpc) is 2.00. The summed E-state index contributed by atoms with van der Waals surface area (Å²) in [6.07, 6.45) is 3.07. The van der Waals surface area contributed by atoms with Gasteiger partial charge in [0.05, 0.1) is 0 Å². The molecule has 1 nitrogen and oxygen atoms in total. The molecule has 10 heavy (non-hydrogen) atoms. The topological polar surface area (TPSA) is 9.23 Å². The van der Waals surface area contributed by atoms with E-state index in [1.807, 2.05) is 13.2 Å². The maximum absolute atomic E-state index is 5.48. The molecule has 0 radical (unpaired) electrons. The predicted octanol–water partition coefficient (Wildman–Crippen LogP) is 2.80. The summed E-state index contributed by atoms with van der Waals surface area (Å²) in [6, 6.07) is 2.42. The Hall–Kier alpha value is -0.0831. The fraction of sp³-hybridized carbons (Fsp3) is 0.750. The summed E-state index contributed by atoms with van der Waals surface area (Å²) >= 11 is 0. The van der Waals surface area contributed by atoms with Crippen LogP contribution >= 0.6 is 0 Å². The van der Waals surface area contributed by atoms with Gasteiger partial charge in [-0.3, -0.25) is 0 Å². The van der Waals surface area contributed by atoms with Crippen molar-refractivity contribution in [3.8, 4) is 0 Å². The Morgan fingerprint density at radius 2 is 2.20 bits per heavy atom. The molecule has 0 saturated carbocycles. The normalized spacial score (nSPS) is 16.3. The van der Waals surface area contributed by atoms with Gasteiger partial charge in [-0.25, -0.2) is 0 Å². The van der Waals surface area contributed by atoms with Gasteiger partial charge in [0.2, 0.25) is 0 Å². The lowest BCUT2D eigenvalue weighted by Gasteiger charge is -2.22. The second-order valence-electron chi connectivity index (χ2n) is 2.83. The van der Waals surface area contributed by atoms with Crippen molar-refractivity contribution in [3.05, 3.63) is 12.7 Å². The molecule has 0 rings (SSSR count). The molecule has 1 atom stereocenters. The summed E-state index contributed by atoms with van der Waals surface area (Å²) in [7, 11) is 0.543. The molecule has 0 aromatic rings. The molecule has 0 bridgehead atoms. The first-order valence-electron chi connectivity index (χ1n) is 3.84. The van der Waals surface area contributed by atoms with Crippen LogP contribution in [-0.4, -0.2) is 15.4 Å². The largest absolute Gasteiger partial charge is 0.420 e. The second kappa shape index (κ2) is 4.69. The van der Waals surface area contributed by atoms with Crippen LogP contribution in [0.5, 0.6) is 0 Å². The van der Waals surface area contributed by atoms with Gasteiger partial charge in [-0.05, 0) is 25.1 Å². The highest BCUT2D eigenvalue weighted by atomic mass is 28.4. The van der Waals surface area contributed by atoms with Crippen molar-refractivity contribution in [2.45, 2.75) is 32.0 Å². The molecule has 0 heterocycles. The second-order valence-corrected chi connectivity index (χ2v) is 7.35. The third-order valence-electron chi connectivity index (χ3n) is 2.12. The molecule has 0 aliphatic rings. The number of hydrogen-bond acceptors (Lipinski definition) is 1. The molecular formula is C8H18OSi. The Morgan fingerprint density at radius 1 is 1.60 bits per heavy atom. The van der Waals surface area contributed by atoms with E-state index >= 15 is 0 Å². The van der Waals surface area contributed by atoms with E-state index in [-0.39, 0.29) is 0 Å². The van der Waals surface area contributed by atoms with E-state index in [9.17, 15) is 0 Å². The monoisotopic (exact) mass is 158 g/mol. The third kappa shape index (κ3) is 3.18. The van der Waals surface area contributed by atoms with E-state index in [0.717, 1.165) is 6.42 Å². The lowest BCUT2D eigenvalue weighted by atomic mass is 10.5. The summed E-state index contributed by atoms with van der Waals surface area (Å²) in [6.45, 7) is 8.18. The smallest absolute Gasteiger partial charge is 0.189 e. The van der Waals surface area contributed by atoms with Gasteiger partial charge in [-0.15, -0.1) is 6.58 Å². The van der Waals surface area contributed by atoms with Crippen molar-refractivity contribution in [2.24, 2.45) is 0 Å². The third-order valence-corrected chi connectivity index (χ3v) is 5.95. The molecular weight excluding hydrogens is 140 g/mol. The zero-order valence-electron chi connectivity index (χ0n) is 7.31. The lowest BCUT2D eigenvalue weighted by molar-refractivity contribution is 0.398. The molecule has 0 spiro atoms. The Kier molecular flexibility index (Phi) is 4.65. The van der Waals surface area contributed by atoms with Gasteiger partial charge in [-0.1, -0.05) is 13.0 Å². The van der Waals surface area contributed by atoms with Crippen LogP contribution in [0.4, 0.5) is 0 Å². The highest BCUT2D eigenvalue weighted by Gasteiger charge is 2.23. The average molecular weight is 158 g/mol. The molecule has 0 fully saturated rings. The van der Waals surface area contributed by atoms with Gasteiger partial charge in [0.15, 0.2) is 8.32 Å². The SMILES string of the molecule is C=CCC[Si](C)(CC)OC. The quantitative estimate of drug-likeness (QED) is 0.441. The first-order valence-corrected chi connectivity index (χ1v) is 6.67. The molecule has 60 valence electrons. The van der Waals surface area contributed by atoms with Crippen LogP contribution in [0.2, 0.25) is 18.6 Å². The van der Waals surface area contributed by atoms with Crippen LogP contribution in [0, 0.1) is 0 Å². The minimum atomic E-state index is -1.29. The van der Waals surface area contributed by atoms with Crippen molar-refractivity contribution >= 4 is 8.32 Å². The van der Waals surface area contributed by atoms with Crippen molar-refractivity contribution < 1.29 is 4.43 Å². The van der Waals surface area contributed by atoms with Crippen molar-refractivity contribution in [3.63, 3.8) is 0 Å². The van der Waals surface area contributed by atoms with E-state index in [1.165, 1.54) is 12.1 Å². The summed E-state index contributed by atoms with van der Waals surface area (Å²) in [5.41, 5.74) is 0. The summed E-state index contributed by atoms with van der Waals surface area (Å²) in [4.78, 5) is 0. The Morgan fingerprint density at radius 3 is 2.50 bits per heavy atom. The van der Waals surface area contributed by atoms with E-state index in [4.69, 9.17) is 4.43 Å².